The number of nitrogens with zero attached hydrogens (tertiary/aromatic N) is 1. The molecule has 6 nitrogen and oxygen atoms in total. The van der Waals surface area contributed by atoms with Crippen LogP contribution in [-0.2, 0) is 22.9 Å². The van der Waals surface area contributed by atoms with Crippen molar-refractivity contribution in [2.24, 2.45) is 0 Å². The second-order valence-electron chi connectivity index (χ2n) is 6.20. The molecule has 7 heteroatoms. The third kappa shape index (κ3) is 5.79. The lowest BCUT2D eigenvalue weighted by atomic mass is 10.1. The van der Waals surface area contributed by atoms with Crippen LogP contribution in [0.15, 0.2) is 24.3 Å². The fourth-order valence-corrected chi connectivity index (χ4v) is 4.47. The maximum atomic E-state index is 11.8. The van der Waals surface area contributed by atoms with Gasteiger partial charge in [-0.1, -0.05) is 38.1 Å². The molecule has 0 spiro atoms. The normalized spacial score (nSPS) is 19.4. The molecule has 2 N–H and O–H groups in total. The Morgan fingerprint density at radius 1 is 1.17 bits per heavy atom. The van der Waals surface area contributed by atoms with Gasteiger partial charge in [0.15, 0.2) is 9.84 Å². The molecule has 1 atom stereocenters. The molecule has 1 aliphatic rings. The Bertz CT molecular complexity index is 640. The van der Waals surface area contributed by atoms with Crippen molar-refractivity contribution in [1.29, 1.82) is 0 Å². The van der Waals surface area contributed by atoms with Crippen LogP contribution in [0.4, 0.5) is 4.79 Å². The first-order valence-electron chi connectivity index (χ1n) is 8.46. The summed E-state index contributed by atoms with van der Waals surface area (Å²) in [6, 6.07) is 7.60. The van der Waals surface area contributed by atoms with Crippen LogP contribution in [0.5, 0.6) is 0 Å². The van der Waals surface area contributed by atoms with Crippen molar-refractivity contribution in [2.75, 3.05) is 24.6 Å². The van der Waals surface area contributed by atoms with Crippen molar-refractivity contribution < 1.29 is 13.2 Å². The quantitative estimate of drug-likeness (QED) is 0.779. The van der Waals surface area contributed by atoms with E-state index in [2.05, 4.69) is 41.5 Å². The van der Waals surface area contributed by atoms with Gasteiger partial charge in [0.25, 0.3) is 0 Å². The summed E-state index contributed by atoms with van der Waals surface area (Å²) >= 11 is 0. The molecule has 24 heavy (non-hydrogen) atoms. The highest BCUT2D eigenvalue weighted by molar-refractivity contribution is 7.91. The number of hydrogen-bond acceptors (Lipinski definition) is 4. The van der Waals surface area contributed by atoms with E-state index in [1.807, 2.05) is 12.1 Å². The first kappa shape index (κ1) is 18.7. The first-order valence-corrected chi connectivity index (χ1v) is 10.3. The van der Waals surface area contributed by atoms with Crippen LogP contribution >= 0.6 is 0 Å². The molecule has 0 saturated carbocycles. The largest absolute Gasteiger partial charge is 0.334 e. The van der Waals surface area contributed by atoms with Crippen molar-refractivity contribution in [3.8, 4) is 0 Å². The molecule has 1 fully saturated rings. The van der Waals surface area contributed by atoms with E-state index in [1.54, 1.807) is 0 Å². The first-order chi connectivity index (χ1) is 11.4. The van der Waals surface area contributed by atoms with Crippen molar-refractivity contribution in [2.45, 2.75) is 39.4 Å². The zero-order valence-corrected chi connectivity index (χ0v) is 15.2. The number of rotatable bonds is 7. The maximum absolute atomic E-state index is 11.8. The summed E-state index contributed by atoms with van der Waals surface area (Å²) in [6.07, 6.45) is 0.496. The minimum Gasteiger partial charge on any atom is -0.334 e. The van der Waals surface area contributed by atoms with Crippen molar-refractivity contribution in [1.82, 2.24) is 15.5 Å². The highest BCUT2D eigenvalue weighted by atomic mass is 32.2. The third-order valence-electron chi connectivity index (χ3n) is 4.34. The maximum Gasteiger partial charge on any atom is 0.315 e. The zero-order valence-electron chi connectivity index (χ0n) is 14.4. The summed E-state index contributed by atoms with van der Waals surface area (Å²) < 4.78 is 22.8. The molecule has 2 rings (SSSR count). The van der Waals surface area contributed by atoms with E-state index >= 15 is 0 Å². The van der Waals surface area contributed by atoms with E-state index < -0.39 is 9.84 Å². The number of amides is 2. The Morgan fingerprint density at radius 2 is 1.79 bits per heavy atom. The smallest absolute Gasteiger partial charge is 0.315 e. The number of urea groups is 1. The summed E-state index contributed by atoms with van der Waals surface area (Å²) in [5.74, 6) is 0.201. The van der Waals surface area contributed by atoms with Crippen LogP contribution in [0, 0.1) is 0 Å². The molecule has 134 valence electrons. The summed E-state index contributed by atoms with van der Waals surface area (Å²) in [5.41, 5.74) is 2.27. The van der Waals surface area contributed by atoms with Crippen LogP contribution < -0.4 is 10.6 Å². The summed E-state index contributed by atoms with van der Waals surface area (Å²) in [6.45, 7) is 7.70. The van der Waals surface area contributed by atoms with Crippen molar-refractivity contribution in [3.05, 3.63) is 35.4 Å². The van der Waals surface area contributed by atoms with Crippen LogP contribution in [0.25, 0.3) is 0 Å². The van der Waals surface area contributed by atoms with Gasteiger partial charge in [0, 0.05) is 19.1 Å². The molecule has 1 unspecified atom stereocenters. The van der Waals surface area contributed by atoms with Gasteiger partial charge in [-0.25, -0.2) is 13.2 Å². The van der Waals surface area contributed by atoms with Crippen LogP contribution in [0.1, 0.15) is 31.4 Å². The van der Waals surface area contributed by atoms with Crippen molar-refractivity contribution >= 4 is 15.9 Å². The zero-order chi connectivity index (χ0) is 17.6. The van der Waals surface area contributed by atoms with Gasteiger partial charge in [0.2, 0.25) is 0 Å². The summed E-state index contributed by atoms with van der Waals surface area (Å²) in [4.78, 5) is 14.2. The lowest BCUT2D eigenvalue weighted by molar-refractivity contribution is 0.237. The number of carbonyl (C=O) groups excluding carboxylic acids is 1. The standard InChI is InChI=1S/C17H27N3O3S/c1-3-20(4-2)12-15-7-5-14(6-8-15)11-18-17(21)19-16-9-10-24(22,23)13-16/h5-8,16H,3-4,9-13H2,1-2H3,(H2,18,19,21). The topological polar surface area (TPSA) is 78.5 Å². The molecular weight excluding hydrogens is 326 g/mol. The van der Waals surface area contributed by atoms with Gasteiger partial charge in [-0.3, -0.25) is 4.90 Å². The van der Waals surface area contributed by atoms with E-state index in [4.69, 9.17) is 0 Å². The van der Waals surface area contributed by atoms with Gasteiger partial charge in [-0.2, -0.15) is 0 Å². The third-order valence-corrected chi connectivity index (χ3v) is 6.11. The Balaban J connectivity index is 1.76. The Kier molecular flexibility index (Phi) is 6.62. The Labute approximate surface area is 144 Å². The van der Waals surface area contributed by atoms with E-state index in [1.165, 1.54) is 5.56 Å². The second kappa shape index (κ2) is 8.48. The molecule has 0 aliphatic carbocycles. The molecule has 0 aromatic heterocycles. The Hall–Kier alpha value is -1.60. The molecule has 0 radical (unpaired) electrons. The summed E-state index contributed by atoms with van der Waals surface area (Å²) in [7, 11) is -2.97. The molecule has 0 bridgehead atoms. The number of benzene rings is 1. The molecular formula is C17H27N3O3S. The van der Waals surface area contributed by atoms with E-state index in [-0.39, 0.29) is 23.6 Å². The fraction of sp³-hybridized carbons (Fsp3) is 0.588. The lowest BCUT2D eigenvalue weighted by Crippen LogP contribution is -2.42. The van der Waals surface area contributed by atoms with Gasteiger partial charge >= 0.3 is 6.03 Å². The highest BCUT2D eigenvalue weighted by Gasteiger charge is 2.28. The van der Waals surface area contributed by atoms with Crippen LogP contribution in [-0.4, -0.2) is 50.0 Å². The van der Waals surface area contributed by atoms with Crippen molar-refractivity contribution in [3.63, 3.8) is 0 Å². The highest BCUT2D eigenvalue weighted by Crippen LogP contribution is 2.11. The molecule has 1 heterocycles. The van der Waals surface area contributed by atoms with Gasteiger partial charge in [-0.15, -0.1) is 0 Å². The van der Waals surface area contributed by atoms with Gasteiger partial charge in [0.05, 0.1) is 11.5 Å². The van der Waals surface area contributed by atoms with E-state index in [0.29, 0.717) is 13.0 Å². The molecule has 1 aliphatic heterocycles. The lowest BCUT2D eigenvalue weighted by Gasteiger charge is -2.18. The average Bonchev–Trinajstić information content (AvgIpc) is 2.90. The van der Waals surface area contributed by atoms with Gasteiger partial charge in [0.1, 0.15) is 0 Å². The predicted molar refractivity (Wildman–Crippen MR) is 95.5 cm³/mol. The van der Waals surface area contributed by atoms with Crippen LogP contribution in [0.2, 0.25) is 0 Å². The number of sulfone groups is 1. The Morgan fingerprint density at radius 3 is 2.33 bits per heavy atom. The monoisotopic (exact) mass is 353 g/mol. The average molecular weight is 353 g/mol. The SMILES string of the molecule is CCN(CC)Cc1ccc(CNC(=O)NC2CCS(=O)(=O)C2)cc1. The van der Waals surface area contributed by atoms with E-state index in [0.717, 1.165) is 25.2 Å². The van der Waals surface area contributed by atoms with Gasteiger partial charge in [-0.05, 0) is 30.6 Å². The number of hydrogen-bond donors (Lipinski definition) is 2. The minimum atomic E-state index is -2.97. The fourth-order valence-electron chi connectivity index (χ4n) is 2.80. The van der Waals surface area contributed by atoms with Gasteiger partial charge < -0.3 is 10.6 Å². The van der Waals surface area contributed by atoms with Crippen LogP contribution in [0.3, 0.4) is 0 Å². The molecule has 1 saturated heterocycles. The molecule has 2 amide bonds. The second-order valence-corrected chi connectivity index (χ2v) is 8.43. The number of nitrogens with one attached hydrogen (secondary N) is 2. The minimum absolute atomic E-state index is 0.0421. The predicted octanol–water partition coefficient (Wildman–Crippen LogP) is 1.51. The molecule has 1 aromatic carbocycles. The van der Waals surface area contributed by atoms with E-state index in [9.17, 15) is 13.2 Å². The molecule has 1 aromatic rings. The summed E-state index contributed by atoms with van der Waals surface area (Å²) in [5, 5.41) is 5.50. The number of carbonyl (C=O) groups is 1.